The van der Waals surface area contributed by atoms with Crippen molar-refractivity contribution in [1.82, 2.24) is 19.8 Å². The van der Waals surface area contributed by atoms with Gasteiger partial charge in [0.05, 0.1) is 27.2 Å². The van der Waals surface area contributed by atoms with Crippen molar-refractivity contribution in [2.75, 3.05) is 0 Å². The third-order valence-electron chi connectivity index (χ3n) is 5.19. The number of nitrogens with one attached hydrogen (secondary N) is 1. The number of benzene rings is 2. The lowest BCUT2D eigenvalue weighted by atomic mass is 10.2. The minimum atomic E-state index is -0.564. The van der Waals surface area contributed by atoms with Crippen LogP contribution >= 0.6 is 31.9 Å². The Morgan fingerprint density at radius 3 is 2.61 bits per heavy atom. The molecule has 0 radical (unpaired) electrons. The number of carbonyl (C=O) groups excluding carboxylic acids is 1. The van der Waals surface area contributed by atoms with Crippen molar-refractivity contribution in [3.05, 3.63) is 90.1 Å². The number of hydrogen-bond donors (Lipinski definition) is 2. The summed E-state index contributed by atoms with van der Waals surface area (Å²) >= 11 is 6.50. The van der Waals surface area contributed by atoms with E-state index >= 15 is 0 Å². The van der Waals surface area contributed by atoms with Gasteiger partial charge in [0.15, 0.2) is 0 Å². The van der Waals surface area contributed by atoms with E-state index in [4.69, 9.17) is 0 Å². The number of nitrogens with zero attached hydrogens (tertiary/aromatic N) is 4. The van der Waals surface area contributed by atoms with Crippen LogP contribution in [0.15, 0.2) is 61.3 Å². The number of aryl methyl sites for hydroxylation is 2. The van der Waals surface area contributed by atoms with E-state index in [2.05, 4.69) is 47.4 Å². The van der Waals surface area contributed by atoms with Gasteiger partial charge in [-0.1, -0.05) is 28.1 Å². The van der Waals surface area contributed by atoms with E-state index < -0.39 is 5.91 Å². The highest BCUT2D eigenvalue weighted by molar-refractivity contribution is 9.11. The molecule has 0 bridgehead atoms. The van der Waals surface area contributed by atoms with Crippen molar-refractivity contribution < 1.29 is 9.90 Å². The van der Waals surface area contributed by atoms with E-state index in [0.717, 1.165) is 11.4 Å². The minimum absolute atomic E-state index is 0.0725. The Bertz CT molecular complexity index is 1500. The van der Waals surface area contributed by atoms with Gasteiger partial charge in [-0.05, 0) is 67.0 Å². The molecule has 0 aliphatic heterocycles. The van der Waals surface area contributed by atoms with Crippen LogP contribution in [0.25, 0.3) is 10.9 Å². The van der Waals surface area contributed by atoms with E-state index in [-0.39, 0.29) is 16.9 Å². The average Bonchev–Trinajstić information content (AvgIpc) is 3.04. The van der Waals surface area contributed by atoms with Gasteiger partial charge in [-0.25, -0.2) is 10.4 Å². The van der Waals surface area contributed by atoms with Crippen molar-refractivity contribution in [2.24, 2.45) is 5.10 Å². The molecule has 10 heteroatoms. The molecular formula is C23H19Br2N5O3. The monoisotopic (exact) mass is 571 g/mol. The third-order valence-corrected chi connectivity index (χ3v) is 6.25. The Balaban J connectivity index is 1.67. The Labute approximate surface area is 205 Å². The van der Waals surface area contributed by atoms with Crippen molar-refractivity contribution in [2.45, 2.75) is 20.8 Å². The molecule has 1 amide bonds. The molecule has 0 unspecified atom stereocenters. The topological polar surface area (TPSA) is 102 Å². The number of hydrogen-bond acceptors (Lipinski definition) is 5. The van der Waals surface area contributed by atoms with Gasteiger partial charge >= 0.3 is 0 Å². The molecular weight excluding hydrogens is 554 g/mol. The van der Waals surface area contributed by atoms with Crippen molar-refractivity contribution in [3.63, 3.8) is 0 Å². The maximum absolute atomic E-state index is 13.2. The van der Waals surface area contributed by atoms with Crippen LogP contribution in [0.2, 0.25) is 0 Å². The largest absolute Gasteiger partial charge is 0.506 e. The highest BCUT2D eigenvalue weighted by Crippen LogP contribution is 2.31. The Morgan fingerprint density at radius 2 is 1.85 bits per heavy atom. The molecule has 2 heterocycles. The minimum Gasteiger partial charge on any atom is -0.506 e. The zero-order valence-electron chi connectivity index (χ0n) is 17.9. The maximum atomic E-state index is 13.2. The summed E-state index contributed by atoms with van der Waals surface area (Å²) in [7, 11) is 0. The molecule has 0 atom stereocenters. The number of halogens is 2. The fourth-order valence-corrected chi connectivity index (χ4v) is 4.87. The summed E-state index contributed by atoms with van der Waals surface area (Å²) in [6.45, 7) is 5.51. The van der Waals surface area contributed by atoms with Crippen molar-refractivity contribution >= 4 is 54.9 Å². The van der Waals surface area contributed by atoms with E-state index in [1.54, 1.807) is 23.7 Å². The molecule has 2 aromatic heterocycles. The fourth-order valence-electron chi connectivity index (χ4n) is 3.65. The quantitative estimate of drug-likeness (QED) is 0.279. The highest BCUT2D eigenvalue weighted by Gasteiger charge is 2.16. The standard InChI is InChI=1S/C23H19Br2N5O3/c1-12-8-15(11-26-28-22(32)18-9-16(24)10-19(25)21(18)31)13(2)29(12)30-14(3)27-20-7-5-4-6-17(20)23(30)33/h4-11,31H,1-3H3,(H,28,32). The summed E-state index contributed by atoms with van der Waals surface area (Å²) in [5, 5.41) is 14.7. The van der Waals surface area contributed by atoms with Gasteiger partial charge < -0.3 is 5.11 Å². The third kappa shape index (κ3) is 4.23. The van der Waals surface area contributed by atoms with Gasteiger partial charge in [-0.15, -0.1) is 0 Å². The first-order valence-electron chi connectivity index (χ1n) is 9.88. The molecule has 2 aromatic carbocycles. The lowest BCUT2D eigenvalue weighted by Crippen LogP contribution is -2.30. The van der Waals surface area contributed by atoms with Gasteiger partial charge in [0.2, 0.25) is 0 Å². The summed E-state index contributed by atoms with van der Waals surface area (Å²) in [6.07, 6.45) is 1.50. The number of aromatic hydroxyl groups is 1. The number of rotatable bonds is 4. The van der Waals surface area contributed by atoms with Gasteiger partial charge in [-0.3, -0.25) is 14.3 Å². The maximum Gasteiger partial charge on any atom is 0.280 e. The number of hydrazone groups is 1. The normalized spacial score (nSPS) is 11.4. The number of phenols is 1. The second-order valence-corrected chi connectivity index (χ2v) is 9.18. The van der Waals surface area contributed by atoms with Crippen molar-refractivity contribution in [3.8, 4) is 5.75 Å². The van der Waals surface area contributed by atoms with Gasteiger partial charge in [0.25, 0.3) is 11.5 Å². The first-order chi connectivity index (χ1) is 15.7. The zero-order valence-corrected chi connectivity index (χ0v) is 21.1. The Morgan fingerprint density at radius 1 is 1.12 bits per heavy atom. The molecule has 168 valence electrons. The molecule has 2 N–H and O–H groups in total. The summed E-state index contributed by atoms with van der Waals surface area (Å²) in [5.41, 5.74) is 5.23. The summed E-state index contributed by atoms with van der Waals surface area (Å²) < 4.78 is 4.33. The number of para-hydroxylation sites is 1. The van der Waals surface area contributed by atoms with Crippen LogP contribution in [0.4, 0.5) is 0 Å². The summed E-state index contributed by atoms with van der Waals surface area (Å²) in [4.78, 5) is 30.2. The molecule has 8 nitrogen and oxygen atoms in total. The summed E-state index contributed by atoms with van der Waals surface area (Å²) in [6, 6.07) is 12.2. The van der Waals surface area contributed by atoms with Crippen molar-refractivity contribution in [1.29, 1.82) is 0 Å². The molecule has 0 saturated carbocycles. The average molecular weight is 573 g/mol. The zero-order chi connectivity index (χ0) is 23.9. The van der Waals surface area contributed by atoms with Crippen LogP contribution < -0.4 is 11.0 Å². The van der Waals surface area contributed by atoms with Crippen LogP contribution in [-0.4, -0.2) is 31.6 Å². The lowest BCUT2D eigenvalue weighted by Gasteiger charge is -2.16. The predicted octanol–water partition coefficient (Wildman–Crippen LogP) is 4.43. The molecule has 0 aliphatic carbocycles. The van der Waals surface area contributed by atoms with Gasteiger partial charge in [0, 0.05) is 21.4 Å². The number of fused-ring (bicyclic) bond motifs is 1. The van der Waals surface area contributed by atoms with E-state index in [9.17, 15) is 14.7 Å². The molecule has 0 aliphatic rings. The first kappa shape index (κ1) is 22.9. The fraction of sp³-hybridized carbons (Fsp3) is 0.130. The number of aromatic nitrogens is 3. The second kappa shape index (κ2) is 8.95. The second-order valence-electron chi connectivity index (χ2n) is 7.41. The van der Waals surface area contributed by atoms with Crippen LogP contribution in [0, 0.1) is 20.8 Å². The Kier molecular flexibility index (Phi) is 6.22. The van der Waals surface area contributed by atoms with E-state index in [0.29, 0.717) is 31.2 Å². The van der Waals surface area contributed by atoms with Gasteiger partial charge in [-0.2, -0.15) is 9.78 Å². The molecule has 0 spiro atoms. The smallest absolute Gasteiger partial charge is 0.280 e. The number of carbonyl (C=O) groups is 1. The highest BCUT2D eigenvalue weighted by atomic mass is 79.9. The molecule has 0 fully saturated rings. The molecule has 0 saturated heterocycles. The molecule has 4 aromatic rings. The predicted molar refractivity (Wildman–Crippen MR) is 134 cm³/mol. The summed E-state index contributed by atoms with van der Waals surface area (Å²) in [5.74, 6) is -0.193. The van der Waals surface area contributed by atoms with Crippen LogP contribution in [0.5, 0.6) is 5.75 Å². The van der Waals surface area contributed by atoms with E-state index in [1.165, 1.54) is 17.0 Å². The SMILES string of the molecule is Cc1cc(C=NNC(=O)c2cc(Br)cc(Br)c2O)c(C)n1-n1c(C)nc2ccccc2c1=O. The van der Waals surface area contributed by atoms with Gasteiger partial charge in [0.1, 0.15) is 11.6 Å². The number of amides is 1. The molecule has 4 rings (SSSR count). The first-order valence-corrected chi connectivity index (χ1v) is 11.5. The molecule has 33 heavy (non-hydrogen) atoms. The lowest BCUT2D eigenvalue weighted by molar-refractivity contribution is 0.0952. The van der Waals surface area contributed by atoms with Crippen LogP contribution in [0.1, 0.15) is 33.1 Å². The number of phenolic OH excluding ortho intramolecular Hbond substituents is 1. The van der Waals surface area contributed by atoms with Crippen LogP contribution in [-0.2, 0) is 0 Å². The van der Waals surface area contributed by atoms with Crippen LogP contribution in [0.3, 0.4) is 0 Å². The Hall–Kier alpha value is -3.24. The van der Waals surface area contributed by atoms with E-state index in [1.807, 2.05) is 38.1 Å².